The first kappa shape index (κ1) is 8.37. The van der Waals surface area contributed by atoms with Gasteiger partial charge in [0.2, 0.25) is 0 Å². The van der Waals surface area contributed by atoms with Gasteiger partial charge in [-0.05, 0) is 19.2 Å². The highest BCUT2D eigenvalue weighted by molar-refractivity contribution is 7.98. The summed E-state index contributed by atoms with van der Waals surface area (Å²) in [6.45, 7) is 3.51. The Kier molecular flexibility index (Phi) is 4.18. The highest BCUT2D eigenvalue weighted by Gasteiger charge is 2.11. The van der Waals surface area contributed by atoms with E-state index in [1.807, 2.05) is 11.8 Å². The largest absolute Gasteiger partial charge is 0.315 e. The van der Waals surface area contributed by atoms with E-state index in [2.05, 4.69) is 16.9 Å². The molecule has 1 aliphatic heterocycles. The highest BCUT2D eigenvalue weighted by Crippen LogP contribution is 1.97. The van der Waals surface area contributed by atoms with Crippen LogP contribution in [0.2, 0.25) is 0 Å². The Morgan fingerprint density at radius 3 is 3.20 bits per heavy atom. The van der Waals surface area contributed by atoms with E-state index in [-0.39, 0.29) is 0 Å². The fourth-order valence-corrected chi connectivity index (χ4v) is 1.52. The lowest BCUT2D eigenvalue weighted by molar-refractivity contribution is 0.570. The van der Waals surface area contributed by atoms with Gasteiger partial charge in [-0.3, -0.25) is 0 Å². The van der Waals surface area contributed by atoms with Crippen LogP contribution in [-0.2, 0) is 0 Å². The molecule has 0 bridgehead atoms. The van der Waals surface area contributed by atoms with E-state index in [1.165, 1.54) is 18.7 Å². The zero-order chi connectivity index (χ0) is 7.23. The number of hydrogen-bond acceptors (Lipinski definition) is 3. The summed E-state index contributed by atoms with van der Waals surface area (Å²) in [4.78, 5) is 0. The van der Waals surface area contributed by atoms with Crippen molar-refractivity contribution in [3.8, 4) is 0 Å². The van der Waals surface area contributed by atoms with Crippen molar-refractivity contribution in [2.75, 3.05) is 31.6 Å². The molecule has 1 rings (SSSR count). The summed E-state index contributed by atoms with van der Waals surface area (Å²) in [6, 6.07) is 0.743. The Labute approximate surface area is 67.1 Å². The van der Waals surface area contributed by atoms with Gasteiger partial charge < -0.3 is 10.6 Å². The molecule has 0 aromatic heterocycles. The lowest BCUT2D eigenvalue weighted by Crippen LogP contribution is -2.32. The van der Waals surface area contributed by atoms with Gasteiger partial charge >= 0.3 is 0 Å². The van der Waals surface area contributed by atoms with Gasteiger partial charge in [-0.15, -0.1) is 0 Å². The third kappa shape index (κ3) is 2.90. The predicted molar refractivity (Wildman–Crippen MR) is 47.7 cm³/mol. The van der Waals surface area contributed by atoms with Crippen molar-refractivity contribution in [2.45, 2.75) is 12.5 Å². The summed E-state index contributed by atoms with van der Waals surface area (Å²) < 4.78 is 0. The van der Waals surface area contributed by atoms with Crippen LogP contribution >= 0.6 is 11.8 Å². The van der Waals surface area contributed by atoms with Crippen LogP contribution in [0.15, 0.2) is 0 Å². The van der Waals surface area contributed by atoms with Gasteiger partial charge in [0.05, 0.1) is 0 Å². The second-order valence-corrected chi connectivity index (χ2v) is 3.62. The third-order valence-electron chi connectivity index (χ3n) is 1.80. The molecule has 1 unspecified atom stereocenters. The van der Waals surface area contributed by atoms with E-state index in [0.717, 1.165) is 19.1 Å². The molecule has 0 spiro atoms. The molecule has 2 N–H and O–H groups in total. The van der Waals surface area contributed by atoms with Crippen LogP contribution in [-0.4, -0.2) is 37.7 Å². The Hall–Kier alpha value is 0.270. The molecule has 1 heterocycles. The van der Waals surface area contributed by atoms with Crippen molar-refractivity contribution in [1.29, 1.82) is 0 Å². The van der Waals surface area contributed by atoms with Gasteiger partial charge in [-0.2, -0.15) is 11.8 Å². The minimum Gasteiger partial charge on any atom is -0.315 e. The minimum atomic E-state index is 0.743. The molecule has 0 saturated carbocycles. The van der Waals surface area contributed by atoms with Crippen LogP contribution in [0.5, 0.6) is 0 Å². The molecule has 1 aliphatic rings. The zero-order valence-electron chi connectivity index (χ0n) is 6.52. The van der Waals surface area contributed by atoms with Gasteiger partial charge in [-0.1, -0.05) is 0 Å². The molecular formula is C7H16N2S. The summed E-state index contributed by atoms with van der Waals surface area (Å²) in [5, 5.41) is 6.83. The van der Waals surface area contributed by atoms with Gasteiger partial charge in [-0.25, -0.2) is 0 Å². The lowest BCUT2D eigenvalue weighted by atomic mass is 10.3. The number of hydrogen-bond donors (Lipinski definition) is 2. The summed E-state index contributed by atoms with van der Waals surface area (Å²) in [5.41, 5.74) is 0. The molecule has 0 radical (unpaired) electrons. The van der Waals surface area contributed by atoms with E-state index >= 15 is 0 Å². The maximum absolute atomic E-state index is 3.50. The molecule has 0 aliphatic carbocycles. The van der Waals surface area contributed by atoms with Gasteiger partial charge in [0.1, 0.15) is 0 Å². The first-order valence-electron chi connectivity index (χ1n) is 3.86. The molecule has 0 aromatic rings. The van der Waals surface area contributed by atoms with Crippen molar-refractivity contribution in [1.82, 2.24) is 10.6 Å². The monoisotopic (exact) mass is 160 g/mol. The van der Waals surface area contributed by atoms with Crippen LogP contribution in [0, 0.1) is 0 Å². The normalized spacial score (nSPS) is 25.5. The molecule has 60 valence electrons. The van der Waals surface area contributed by atoms with E-state index in [0.29, 0.717) is 0 Å². The van der Waals surface area contributed by atoms with E-state index in [4.69, 9.17) is 0 Å². The van der Waals surface area contributed by atoms with Crippen LogP contribution in [0.25, 0.3) is 0 Å². The van der Waals surface area contributed by atoms with Crippen LogP contribution in [0.3, 0.4) is 0 Å². The van der Waals surface area contributed by atoms with Crippen LogP contribution in [0.4, 0.5) is 0 Å². The van der Waals surface area contributed by atoms with E-state index in [1.54, 1.807) is 0 Å². The van der Waals surface area contributed by atoms with E-state index < -0.39 is 0 Å². The minimum absolute atomic E-state index is 0.743. The average molecular weight is 160 g/mol. The first-order valence-corrected chi connectivity index (χ1v) is 5.26. The lowest BCUT2D eigenvalue weighted by Gasteiger charge is -2.09. The summed E-state index contributed by atoms with van der Waals surface area (Å²) in [5.74, 6) is 1.23. The molecule has 3 heteroatoms. The highest BCUT2D eigenvalue weighted by atomic mass is 32.2. The van der Waals surface area contributed by atoms with Crippen molar-refractivity contribution >= 4 is 11.8 Å². The Bertz CT molecular complexity index is 81.7. The standard InChI is InChI=1S/C7H16N2S/c1-10-5-4-9-7-2-3-8-6-7/h7-9H,2-6H2,1H3. The number of nitrogens with one attached hydrogen (secondary N) is 2. The topological polar surface area (TPSA) is 24.1 Å². The van der Waals surface area contributed by atoms with Crippen molar-refractivity contribution in [3.63, 3.8) is 0 Å². The zero-order valence-corrected chi connectivity index (χ0v) is 7.34. The fourth-order valence-electron chi connectivity index (χ4n) is 1.19. The molecule has 1 atom stereocenters. The quantitative estimate of drug-likeness (QED) is 0.578. The maximum atomic E-state index is 3.50. The molecule has 2 nitrogen and oxygen atoms in total. The predicted octanol–water partition coefficient (Wildman–Crippen LogP) is 0.301. The number of thioether (sulfide) groups is 1. The fraction of sp³-hybridized carbons (Fsp3) is 1.00. The van der Waals surface area contributed by atoms with Gasteiger partial charge in [0.25, 0.3) is 0 Å². The SMILES string of the molecule is CSCCNC1CCNC1. The molecule has 10 heavy (non-hydrogen) atoms. The molecule has 1 saturated heterocycles. The van der Waals surface area contributed by atoms with Crippen LogP contribution in [0.1, 0.15) is 6.42 Å². The molecule has 0 aromatic carbocycles. The third-order valence-corrected chi connectivity index (χ3v) is 2.41. The summed E-state index contributed by atoms with van der Waals surface area (Å²) >= 11 is 1.90. The molecular weight excluding hydrogens is 144 g/mol. The number of rotatable bonds is 4. The van der Waals surface area contributed by atoms with Crippen molar-refractivity contribution in [2.24, 2.45) is 0 Å². The van der Waals surface area contributed by atoms with Gasteiger partial charge in [0.15, 0.2) is 0 Å². The molecule has 0 amide bonds. The Morgan fingerprint density at radius 1 is 1.70 bits per heavy atom. The average Bonchev–Trinajstić information content (AvgIpc) is 2.41. The smallest absolute Gasteiger partial charge is 0.0204 e. The summed E-state index contributed by atoms with van der Waals surface area (Å²) in [7, 11) is 0. The Balaban J connectivity index is 1.91. The second kappa shape index (κ2) is 4.99. The van der Waals surface area contributed by atoms with Crippen molar-refractivity contribution in [3.05, 3.63) is 0 Å². The first-order chi connectivity index (χ1) is 4.93. The van der Waals surface area contributed by atoms with Crippen LogP contribution < -0.4 is 10.6 Å². The van der Waals surface area contributed by atoms with E-state index in [9.17, 15) is 0 Å². The maximum Gasteiger partial charge on any atom is 0.0204 e. The molecule has 1 fully saturated rings. The Morgan fingerprint density at radius 2 is 2.60 bits per heavy atom. The van der Waals surface area contributed by atoms with Crippen molar-refractivity contribution < 1.29 is 0 Å². The summed E-state index contributed by atoms with van der Waals surface area (Å²) in [6.07, 6.45) is 3.45. The van der Waals surface area contributed by atoms with Gasteiger partial charge in [0, 0.05) is 24.9 Å². The second-order valence-electron chi connectivity index (χ2n) is 2.64.